The fourth-order valence-corrected chi connectivity index (χ4v) is 2.45. The Morgan fingerprint density at radius 2 is 2.12 bits per heavy atom. The highest BCUT2D eigenvalue weighted by molar-refractivity contribution is 5.82. The summed E-state index contributed by atoms with van der Waals surface area (Å²) in [6, 6.07) is 9.17. The molecular formula is C14H18N2O. The summed E-state index contributed by atoms with van der Waals surface area (Å²) in [7, 11) is 0. The second-order valence-electron chi connectivity index (χ2n) is 4.63. The molecule has 3 heteroatoms. The van der Waals surface area contributed by atoms with Crippen LogP contribution in [0.5, 0.6) is 0 Å². The molecule has 17 heavy (non-hydrogen) atoms. The maximum atomic E-state index is 5.36. The van der Waals surface area contributed by atoms with E-state index in [0.717, 1.165) is 32.6 Å². The van der Waals surface area contributed by atoms with Crippen LogP contribution in [0.25, 0.3) is 10.9 Å². The Morgan fingerprint density at radius 3 is 3.00 bits per heavy atom. The number of hydrogen-bond donors (Lipinski definition) is 2. The molecule has 3 rings (SSSR count). The minimum Gasteiger partial charge on any atom is -0.381 e. The van der Waals surface area contributed by atoms with Crippen LogP contribution in [0.4, 0.5) is 0 Å². The van der Waals surface area contributed by atoms with Gasteiger partial charge in [0.15, 0.2) is 0 Å². The van der Waals surface area contributed by atoms with Crippen molar-refractivity contribution < 1.29 is 4.74 Å². The largest absolute Gasteiger partial charge is 0.381 e. The Labute approximate surface area is 101 Å². The molecule has 0 saturated carbocycles. The molecule has 0 unspecified atom stereocenters. The first-order chi connectivity index (χ1) is 8.43. The Morgan fingerprint density at radius 1 is 1.24 bits per heavy atom. The molecule has 1 aliphatic rings. The van der Waals surface area contributed by atoms with Gasteiger partial charge in [-0.15, -0.1) is 0 Å². The number of benzene rings is 1. The summed E-state index contributed by atoms with van der Waals surface area (Å²) in [6.45, 7) is 2.72. The topological polar surface area (TPSA) is 37.0 Å². The van der Waals surface area contributed by atoms with Gasteiger partial charge in [0.25, 0.3) is 0 Å². The van der Waals surface area contributed by atoms with Gasteiger partial charge >= 0.3 is 0 Å². The van der Waals surface area contributed by atoms with Gasteiger partial charge in [-0.05, 0) is 29.9 Å². The molecule has 1 saturated heterocycles. The van der Waals surface area contributed by atoms with Crippen LogP contribution in [0.1, 0.15) is 18.4 Å². The zero-order chi connectivity index (χ0) is 11.5. The molecule has 1 aliphatic heterocycles. The molecule has 3 nitrogen and oxygen atoms in total. The number of para-hydroxylation sites is 1. The van der Waals surface area contributed by atoms with E-state index >= 15 is 0 Å². The summed E-state index contributed by atoms with van der Waals surface area (Å²) in [5, 5.41) is 4.91. The smallest absolute Gasteiger partial charge is 0.0499 e. The van der Waals surface area contributed by atoms with Crippen molar-refractivity contribution in [3.63, 3.8) is 0 Å². The van der Waals surface area contributed by atoms with Gasteiger partial charge in [0, 0.05) is 37.5 Å². The number of ether oxygens (including phenoxy) is 1. The summed E-state index contributed by atoms with van der Waals surface area (Å²) in [5.41, 5.74) is 2.60. The van der Waals surface area contributed by atoms with Crippen LogP contribution in [-0.4, -0.2) is 24.2 Å². The van der Waals surface area contributed by atoms with Crippen LogP contribution in [0, 0.1) is 0 Å². The van der Waals surface area contributed by atoms with Gasteiger partial charge in [0.1, 0.15) is 0 Å². The number of nitrogens with one attached hydrogen (secondary N) is 2. The minimum atomic E-state index is 0.606. The summed E-state index contributed by atoms with van der Waals surface area (Å²) in [4.78, 5) is 3.31. The van der Waals surface area contributed by atoms with Gasteiger partial charge < -0.3 is 15.0 Å². The molecule has 0 aliphatic carbocycles. The lowest BCUT2D eigenvalue weighted by molar-refractivity contribution is 0.0776. The predicted octanol–water partition coefficient (Wildman–Crippen LogP) is 2.44. The molecule has 1 fully saturated rings. The molecule has 0 bridgehead atoms. The Kier molecular flexibility index (Phi) is 3.12. The number of rotatable bonds is 3. The maximum Gasteiger partial charge on any atom is 0.0499 e. The van der Waals surface area contributed by atoms with Gasteiger partial charge in [-0.1, -0.05) is 18.2 Å². The fraction of sp³-hybridized carbons (Fsp3) is 0.429. The van der Waals surface area contributed by atoms with Crippen LogP contribution in [0.3, 0.4) is 0 Å². The van der Waals surface area contributed by atoms with Crippen LogP contribution in [-0.2, 0) is 11.3 Å². The third-order valence-electron chi connectivity index (χ3n) is 3.48. The first-order valence-electron chi connectivity index (χ1n) is 6.29. The van der Waals surface area contributed by atoms with Gasteiger partial charge in [-0.2, -0.15) is 0 Å². The lowest BCUT2D eigenvalue weighted by Crippen LogP contribution is -2.34. The first-order valence-corrected chi connectivity index (χ1v) is 6.29. The highest BCUT2D eigenvalue weighted by Crippen LogP contribution is 2.17. The monoisotopic (exact) mass is 230 g/mol. The minimum absolute atomic E-state index is 0.606. The van der Waals surface area contributed by atoms with Crippen molar-refractivity contribution in [2.24, 2.45) is 0 Å². The quantitative estimate of drug-likeness (QED) is 0.849. The van der Waals surface area contributed by atoms with Gasteiger partial charge in [-0.3, -0.25) is 0 Å². The van der Waals surface area contributed by atoms with E-state index in [9.17, 15) is 0 Å². The van der Waals surface area contributed by atoms with E-state index < -0.39 is 0 Å². The standard InChI is InChI=1S/C14H18N2O/c1-2-11-4-7-15-14(11)12(3-1)10-16-13-5-8-17-9-6-13/h1-4,7,13,15-16H,5-6,8-10H2. The van der Waals surface area contributed by atoms with E-state index in [1.54, 1.807) is 0 Å². The van der Waals surface area contributed by atoms with Crippen molar-refractivity contribution in [1.29, 1.82) is 0 Å². The van der Waals surface area contributed by atoms with Crippen LogP contribution >= 0.6 is 0 Å². The normalized spacial score (nSPS) is 17.6. The zero-order valence-corrected chi connectivity index (χ0v) is 9.91. The third kappa shape index (κ3) is 2.35. The van der Waals surface area contributed by atoms with Crippen molar-refractivity contribution in [2.45, 2.75) is 25.4 Å². The number of aromatic amines is 1. The molecule has 1 aromatic heterocycles. The molecule has 0 amide bonds. The average Bonchev–Trinajstić information content (AvgIpc) is 2.86. The van der Waals surface area contributed by atoms with Crippen molar-refractivity contribution in [3.8, 4) is 0 Å². The second kappa shape index (κ2) is 4.90. The van der Waals surface area contributed by atoms with E-state index in [0.29, 0.717) is 6.04 Å². The maximum absolute atomic E-state index is 5.36. The summed E-state index contributed by atoms with van der Waals surface area (Å²) in [5.74, 6) is 0. The average molecular weight is 230 g/mol. The molecule has 2 heterocycles. The number of hydrogen-bond acceptors (Lipinski definition) is 2. The summed E-state index contributed by atoms with van der Waals surface area (Å²) >= 11 is 0. The molecule has 1 aromatic carbocycles. The number of fused-ring (bicyclic) bond motifs is 1. The van der Waals surface area contributed by atoms with Crippen molar-refractivity contribution in [1.82, 2.24) is 10.3 Å². The lowest BCUT2D eigenvalue weighted by Gasteiger charge is -2.23. The van der Waals surface area contributed by atoms with Crippen LogP contribution in [0.2, 0.25) is 0 Å². The molecular weight excluding hydrogens is 212 g/mol. The van der Waals surface area contributed by atoms with E-state index in [2.05, 4.69) is 34.6 Å². The number of aromatic nitrogens is 1. The van der Waals surface area contributed by atoms with Crippen molar-refractivity contribution >= 4 is 10.9 Å². The van der Waals surface area contributed by atoms with Crippen LogP contribution in [0.15, 0.2) is 30.5 Å². The summed E-state index contributed by atoms with van der Waals surface area (Å²) in [6.07, 6.45) is 4.25. The molecule has 90 valence electrons. The van der Waals surface area contributed by atoms with E-state index in [1.165, 1.54) is 16.5 Å². The van der Waals surface area contributed by atoms with E-state index in [-0.39, 0.29) is 0 Å². The second-order valence-corrected chi connectivity index (χ2v) is 4.63. The van der Waals surface area contributed by atoms with E-state index in [4.69, 9.17) is 4.74 Å². The Balaban J connectivity index is 1.69. The zero-order valence-electron chi connectivity index (χ0n) is 9.91. The Hall–Kier alpha value is -1.32. The summed E-state index contributed by atoms with van der Waals surface area (Å²) < 4.78 is 5.36. The third-order valence-corrected chi connectivity index (χ3v) is 3.48. The molecule has 0 atom stereocenters. The van der Waals surface area contributed by atoms with Gasteiger partial charge in [0.2, 0.25) is 0 Å². The van der Waals surface area contributed by atoms with Gasteiger partial charge in [-0.25, -0.2) is 0 Å². The lowest BCUT2D eigenvalue weighted by atomic mass is 10.1. The fourth-order valence-electron chi connectivity index (χ4n) is 2.45. The predicted molar refractivity (Wildman–Crippen MR) is 69.0 cm³/mol. The molecule has 2 aromatic rings. The highest BCUT2D eigenvalue weighted by Gasteiger charge is 2.13. The molecule has 0 radical (unpaired) electrons. The highest BCUT2D eigenvalue weighted by atomic mass is 16.5. The Bertz CT molecular complexity index is 486. The van der Waals surface area contributed by atoms with Crippen molar-refractivity contribution in [3.05, 3.63) is 36.0 Å². The first kappa shape index (κ1) is 10.8. The SMILES string of the molecule is c1cc(CNC2CCOCC2)c2[nH]ccc2c1. The molecule has 2 N–H and O–H groups in total. The van der Waals surface area contributed by atoms with Gasteiger partial charge in [0.05, 0.1) is 0 Å². The number of H-pyrrole nitrogens is 1. The van der Waals surface area contributed by atoms with E-state index in [1.807, 2.05) is 6.20 Å². The molecule has 0 spiro atoms. The van der Waals surface area contributed by atoms with Crippen LogP contribution < -0.4 is 5.32 Å². The van der Waals surface area contributed by atoms with Crippen molar-refractivity contribution in [2.75, 3.05) is 13.2 Å².